The Bertz CT molecular complexity index is 2220. The Kier molecular flexibility index (Phi) is 15.5. The number of aliphatic hydroxyl groups is 1. The number of alkyl halides is 1. The quantitative estimate of drug-likeness (QED) is 0.0923. The first-order valence-corrected chi connectivity index (χ1v) is 19.8. The van der Waals surface area contributed by atoms with Gasteiger partial charge in [0.1, 0.15) is 36.6 Å². The van der Waals surface area contributed by atoms with Gasteiger partial charge in [-0.25, -0.2) is 4.39 Å². The SMILES string of the molecule is C[C@@H]1NC(=O)[C@@H](N(C)C(=O)[C@H](CCCCN)NC(=O)c2ccc(-c3ccc(Cl)cc3)cc2)c2ccc(O)c(c2)-c2cc(ccc2CO)C[C@@H](C(=O)NCC(=O)CF)NC1=O. The van der Waals surface area contributed by atoms with Crippen LogP contribution in [0.1, 0.15) is 59.3 Å². The monoisotopic (exact) mass is 842 g/mol. The molecule has 8 N–H and O–H groups in total. The number of aromatic hydroxyl groups is 1. The maximum atomic E-state index is 14.5. The molecule has 0 aromatic heterocycles. The molecule has 16 heteroatoms. The number of amides is 5. The molecule has 5 amide bonds. The second-order valence-corrected chi connectivity index (χ2v) is 15.0. The van der Waals surface area contributed by atoms with Crippen LogP contribution in [0.3, 0.4) is 0 Å². The minimum Gasteiger partial charge on any atom is -0.507 e. The van der Waals surface area contributed by atoms with Gasteiger partial charge in [0.2, 0.25) is 23.6 Å². The molecule has 0 radical (unpaired) electrons. The lowest BCUT2D eigenvalue weighted by molar-refractivity contribution is -0.141. The fourth-order valence-corrected chi connectivity index (χ4v) is 7.03. The number of carbonyl (C=O) groups is 6. The third-order valence-corrected chi connectivity index (χ3v) is 10.5. The van der Waals surface area contributed by atoms with Crippen LogP contribution in [0.2, 0.25) is 5.02 Å². The number of hydrogen-bond acceptors (Lipinski definition) is 9. The molecular weight excluding hydrogens is 795 g/mol. The van der Waals surface area contributed by atoms with E-state index in [2.05, 4.69) is 21.3 Å². The first-order chi connectivity index (χ1) is 28.7. The summed E-state index contributed by atoms with van der Waals surface area (Å²) in [5.74, 6) is -4.65. The number of nitrogens with zero attached hydrogens (tertiary/aromatic N) is 1. The number of benzene rings is 4. The minimum absolute atomic E-state index is 0.120. The zero-order chi connectivity index (χ0) is 43.5. The highest BCUT2D eigenvalue weighted by molar-refractivity contribution is 6.30. The summed E-state index contributed by atoms with van der Waals surface area (Å²) in [6.45, 7) is -0.653. The number of hydrogen-bond donors (Lipinski definition) is 7. The van der Waals surface area contributed by atoms with E-state index in [0.717, 1.165) is 16.0 Å². The molecule has 0 unspecified atom stereocenters. The number of carbonyl (C=O) groups excluding carboxylic acids is 6. The molecule has 1 aliphatic heterocycles. The van der Waals surface area contributed by atoms with Crippen molar-refractivity contribution in [1.82, 2.24) is 26.2 Å². The Hall–Kier alpha value is -6.16. The molecule has 4 aromatic carbocycles. The number of ketones is 1. The average Bonchev–Trinajstić information content (AvgIpc) is 3.25. The van der Waals surface area contributed by atoms with Crippen molar-refractivity contribution in [2.75, 3.05) is 26.8 Å². The van der Waals surface area contributed by atoms with E-state index in [-0.39, 0.29) is 35.3 Å². The summed E-state index contributed by atoms with van der Waals surface area (Å²) in [7, 11) is 1.38. The lowest BCUT2D eigenvalue weighted by atomic mass is 9.91. The summed E-state index contributed by atoms with van der Waals surface area (Å²) >= 11 is 6.03. The third kappa shape index (κ3) is 11.1. The zero-order valence-electron chi connectivity index (χ0n) is 33.2. The van der Waals surface area contributed by atoms with Crippen molar-refractivity contribution in [3.63, 3.8) is 0 Å². The molecule has 0 aliphatic carbocycles. The molecule has 4 atom stereocenters. The summed E-state index contributed by atoms with van der Waals surface area (Å²) in [6, 6.07) is 18.0. The van der Waals surface area contributed by atoms with Crippen molar-refractivity contribution in [2.45, 2.75) is 63.4 Å². The predicted octanol–water partition coefficient (Wildman–Crippen LogP) is 3.50. The topological polar surface area (TPSA) is 220 Å². The number of halogens is 2. The number of phenolic OH excluding ortho intramolecular Hbond substituents is 1. The maximum Gasteiger partial charge on any atom is 0.251 e. The minimum atomic E-state index is -1.44. The van der Waals surface area contributed by atoms with Gasteiger partial charge in [-0.1, -0.05) is 60.1 Å². The van der Waals surface area contributed by atoms with E-state index >= 15 is 0 Å². The lowest BCUT2D eigenvalue weighted by Gasteiger charge is -2.32. The van der Waals surface area contributed by atoms with Crippen LogP contribution in [-0.2, 0) is 37.0 Å². The fraction of sp³-hybridized carbons (Fsp3) is 0.318. The first-order valence-electron chi connectivity index (χ1n) is 19.4. The summed E-state index contributed by atoms with van der Waals surface area (Å²) in [5, 5.41) is 32.5. The summed E-state index contributed by atoms with van der Waals surface area (Å²) in [5.41, 5.74) is 9.40. The van der Waals surface area contributed by atoms with E-state index in [4.69, 9.17) is 17.3 Å². The Labute approximate surface area is 351 Å². The number of likely N-dealkylation sites (N-methyl/N-ethyl adjacent to an activating group) is 1. The molecule has 4 bridgehead atoms. The smallest absolute Gasteiger partial charge is 0.251 e. The number of nitrogens with one attached hydrogen (secondary N) is 4. The van der Waals surface area contributed by atoms with Gasteiger partial charge in [-0.2, -0.15) is 0 Å². The zero-order valence-corrected chi connectivity index (χ0v) is 33.9. The molecule has 0 saturated carbocycles. The molecule has 60 heavy (non-hydrogen) atoms. The van der Waals surface area contributed by atoms with Crippen molar-refractivity contribution in [3.05, 3.63) is 112 Å². The Morgan fingerprint density at radius 3 is 2.25 bits per heavy atom. The predicted molar refractivity (Wildman–Crippen MR) is 223 cm³/mol. The molecular formula is C44H48ClFN6O8. The van der Waals surface area contributed by atoms with Crippen LogP contribution in [0.5, 0.6) is 5.75 Å². The summed E-state index contributed by atoms with van der Waals surface area (Å²) in [4.78, 5) is 82.2. The lowest BCUT2D eigenvalue weighted by Crippen LogP contribution is -2.56. The van der Waals surface area contributed by atoms with Gasteiger partial charge >= 0.3 is 0 Å². The second kappa shape index (κ2) is 20.7. The molecule has 5 rings (SSSR count). The van der Waals surface area contributed by atoms with Crippen LogP contribution in [0.4, 0.5) is 4.39 Å². The molecule has 0 saturated heterocycles. The first kappa shape index (κ1) is 44.9. The maximum absolute atomic E-state index is 14.5. The number of unbranched alkanes of at least 4 members (excludes halogenated alkanes) is 1. The van der Waals surface area contributed by atoms with E-state index in [9.17, 15) is 43.4 Å². The molecule has 1 heterocycles. The largest absolute Gasteiger partial charge is 0.507 e. The van der Waals surface area contributed by atoms with Crippen LogP contribution < -0.4 is 27.0 Å². The van der Waals surface area contributed by atoms with Crippen LogP contribution in [-0.4, -0.2) is 95.4 Å². The Morgan fingerprint density at radius 2 is 1.60 bits per heavy atom. The van der Waals surface area contributed by atoms with Gasteiger partial charge in [-0.3, -0.25) is 28.8 Å². The highest BCUT2D eigenvalue weighted by Crippen LogP contribution is 2.36. The van der Waals surface area contributed by atoms with Gasteiger partial charge in [-0.05, 0) is 103 Å². The molecule has 1 aliphatic rings. The fourth-order valence-electron chi connectivity index (χ4n) is 6.91. The van der Waals surface area contributed by atoms with Gasteiger partial charge in [0.15, 0.2) is 5.78 Å². The number of phenols is 1. The molecule has 4 aromatic rings. The number of rotatable bonds is 14. The highest BCUT2D eigenvalue weighted by Gasteiger charge is 2.36. The Morgan fingerprint density at radius 1 is 0.917 bits per heavy atom. The van der Waals surface area contributed by atoms with E-state index in [0.29, 0.717) is 41.1 Å². The summed E-state index contributed by atoms with van der Waals surface area (Å²) < 4.78 is 12.9. The van der Waals surface area contributed by atoms with Crippen LogP contribution in [0.25, 0.3) is 22.3 Å². The Balaban J connectivity index is 1.51. The second-order valence-electron chi connectivity index (χ2n) is 14.6. The van der Waals surface area contributed by atoms with Crippen molar-refractivity contribution < 1.29 is 43.4 Å². The van der Waals surface area contributed by atoms with Gasteiger partial charge in [-0.15, -0.1) is 0 Å². The third-order valence-electron chi connectivity index (χ3n) is 10.3. The van der Waals surface area contributed by atoms with Crippen molar-refractivity contribution >= 4 is 46.9 Å². The highest BCUT2D eigenvalue weighted by atomic mass is 35.5. The van der Waals surface area contributed by atoms with Crippen LogP contribution >= 0.6 is 11.6 Å². The number of nitrogens with two attached hydrogens (primary N) is 1. The molecule has 0 fully saturated rings. The van der Waals surface area contributed by atoms with Crippen LogP contribution in [0, 0.1) is 0 Å². The van der Waals surface area contributed by atoms with Crippen molar-refractivity contribution in [2.24, 2.45) is 5.73 Å². The van der Waals surface area contributed by atoms with Gasteiger partial charge in [0.05, 0.1) is 13.2 Å². The van der Waals surface area contributed by atoms with Gasteiger partial charge in [0, 0.05) is 29.6 Å². The number of Topliss-reactive ketones (excluding diaryl/α,β-unsaturated/α-hetero) is 1. The van der Waals surface area contributed by atoms with E-state index in [1.165, 1.54) is 32.2 Å². The van der Waals surface area contributed by atoms with Crippen LogP contribution in [0.15, 0.2) is 84.9 Å². The molecule has 316 valence electrons. The normalized spacial score (nSPS) is 17.0. The number of aliphatic hydroxyl groups excluding tert-OH is 1. The summed E-state index contributed by atoms with van der Waals surface area (Å²) in [6.07, 6.45) is 1.07. The molecule has 0 spiro atoms. The standard InChI is InChI=1S/C44H48ClFN6O8/c1-25-40(56)51-37(42(58)48-23-33(54)22-46)20-26-6-7-31(24-53)34(19-26)35-21-30(14-17-38(35)55)39(43(59)49-25)52(2)44(60)36(5-3-4-18-47)50-41(57)29-10-8-27(9-11-29)28-12-15-32(45)16-13-28/h6-17,19,21,25,36-37,39,53,55H,3-5,18,20,22-24,47H2,1-2H3,(H,48,58)(H,49,59)(H,50,57)(H,51,56)/t25-,36-,37-,39-/m0/s1. The van der Waals surface area contributed by atoms with E-state index in [1.54, 1.807) is 54.6 Å². The van der Waals surface area contributed by atoms with Gasteiger partial charge in [0.25, 0.3) is 5.91 Å². The average molecular weight is 843 g/mol. The van der Waals surface area contributed by atoms with Crippen molar-refractivity contribution in [3.8, 4) is 28.0 Å². The van der Waals surface area contributed by atoms with Gasteiger partial charge < -0.3 is 42.1 Å². The number of fused-ring (bicyclic) bond motifs is 5. The van der Waals surface area contributed by atoms with E-state index < -0.39 is 79.3 Å². The van der Waals surface area contributed by atoms with Crippen molar-refractivity contribution in [1.29, 1.82) is 0 Å². The molecule has 14 nitrogen and oxygen atoms in total. The van der Waals surface area contributed by atoms with E-state index in [1.807, 2.05) is 12.1 Å².